The molecule has 0 radical (unpaired) electrons. The maximum Gasteiger partial charge on any atom is 0.336 e. The molecule has 0 atom stereocenters. The number of nitrogens with zero attached hydrogens (tertiary/aromatic N) is 2. The quantitative estimate of drug-likeness (QED) is 0.844. The average molecular weight is 326 g/mol. The molecule has 0 unspecified atom stereocenters. The number of aromatic carboxylic acids is 1. The third-order valence-corrected chi connectivity index (χ3v) is 3.01. The molecule has 23 heavy (non-hydrogen) atoms. The van der Waals surface area contributed by atoms with Gasteiger partial charge in [0.1, 0.15) is 11.5 Å². The van der Waals surface area contributed by atoms with Crippen molar-refractivity contribution < 1.29 is 28.2 Å². The molecule has 124 valence electrons. The maximum atomic E-state index is 12.7. The van der Waals surface area contributed by atoms with Crippen LogP contribution in [0, 0.1) is 0 Å². The zero-order chi connectivity index (χ0) is 17.0. The number of hydrogen-bond donors (Lipinski definition) is 1. The highest BCUT2D eigenvalue weighted by Gasteiger charge is 2.21. The van der Waals surface area contributed by atoms with Gasteiger partial charge in [0.15, 0.2) is 0 Å². The molecule has 1 aromatic carbocycles. The molecule has 1 heterocycles. The number of ether oxygens (including phenoxy) is 2. The fourth-order valence-electron chi connectivity index (χ4n) is 2.15. The molecule has 0 fully saturated rings. The topological polar surface area (TPSA) is 73.6 Å². The Labute approximate surface area is 131 Å². The predicted molar refractivity (Wildman–Crippen MR) is 78.2 cm³/mol. The minimum atomic E-state index is -2.81. The number of carboxylic acid groups (broad SMARTS) is 1. The maximum absolute atomic E-state index is 12.7. The Kier molecular flexibility index (Phi) is 5.15. The van der Waals surface area contributed by atoms with Crippen molar-refractivity contribution in [3.63, 3.8) is 0 Å². The van der Waals surface area contributed by atoms with E-state index >= 15 is 0 Å². The van der Waals surface area contributed by atoms with Crippen LogP contribution in [-0.2, 0) is 0 Å². The van der Waals surface area contributed by atoms with Gasteiger partial charge in [0.05, 0.1) is 25.0 Å². The van der Waals surface area contributed by atoms with Crippen molar-refractivity contribution in [2.24, 2.45) is 0 Å². The summed E-state index contributed by atoms with van der Waals surface area (Å²) in [5, 5.41) is 13.0. The fourth-order valence-corrected chi connectivity index (χ4v) is 2.15. The summed E-state index contributed by atoms with van der Waals surface area (Å²) in [6.07, 6.45) is 2.26. The monoisotopic (exact) mass is 326 g/mol. The predicted octanol–water partition coefficient (Wildman–Crippen LogP) is 3.44. The second-order valence-corrected chi connectivity index (χ2v) is 4.50. The van der Waals surface area contributed by atoms with E-state index in [1.165, 1.54) is 18.3 Å². The van der Waals surface area contributed by atoms with Crippen molar-refractivity contribution >= 4 is 5.97 Å². The number of rotatable bonds is 7. The Bertz CT molecular complexity index is 701. The first-order valence-corrected chi connectivity index (χ1v) is 6.97. The Morgan fingerprint density at radius 1 is 1.30 bits per heavy atom. The lowest BCUT2D eigenvalue weighted by Gasteiger charge is -2.14. The van der Waals surface area contributed by atoms with Crippen molar-refractivity contribution in [2.75, 3.05) is 13.2 Å². The van der Waals surface area contributed by atoms with Crippen molar-refractivity contribution in [1.29, 1.82) is 0 Å². The van der Waals surface area contributed by atoms with Gasteiger partial charge in [-0.2, -0.15) is 13.9 Å². The van der Waals surface area contributed by atoms with Gasteiger partial charge >= 0.3 is 12.5 Å². The highest BCUT2D eigenvalue weighted by atomic mass is 19.3. The number of halogens is 2. The van der Waals surface area contributed by atoms with E-state index in [-0.39, 0.29) is 29.0 Å². The van der Waals surface area contributed by atoms with E-state index in [0.29, 0.717) is 17.0 Å². The minimum Gasteiger partial charge on any atom is -0.494 e. The van der Waals surface area contributed by atoms with Gasteiger partial charge in [-0.15, -0.1) is 0 Å². The van der Waals surface area contributed by atoms with E-state index in [9.17, 15) is 18.7 Å². The number of hydrogen-bond acceptors (Lipinski definition) is 4. The van der Waals surface area contributed by atoms with E-state index < -0.39 is 12.5 Å². The van der Waals surface area contributed by atoms with Gasteiger partial charge in [-0.25, -0.2) is 9.48 Å². The van der Waals surface area contributed by atoms with Gasteiger partial charge in [-0.3, -0.25) is 0 Å². The van der Waals surface area contributed by atoms with Crippen LogP contribution in [0.4, 0.5) is 8.78 Å². The van der Waals surface area contributed by atoms with Crippen LogP contribution in [0.5, 0.6) is 11.5 Å². The Morgan fingerprint density at radius 3 is 2.52 bits per heavy atom. The summed E-state index contributed by atoms with van der Waals surface area (Å²) >= 11 is 0. The first-order chi connectivity index (χ1) is 11.0. The van der Waals surface area contributed by atoms with Crippen molar-refractivity contribution in [3.05, 3.63) is 30.1 Å². The van der Waals surface area contributed by atoms with E-state index in [0.717, 1.165) is 6.20 Å². The molecule has 0 spiro atoms. The second-order valence-electron chi connectivity index (χ2n) is 4.50. The summed E-state index contributed by atoms with van der Waals surface area (Å²) < 4.78 is 36.7. The summed E-state index contributed by atoms with van der Waals surface area (Å²) in [5.41, 5.74) is 0.317. The molecule has 0 aliphatic heterocycles. The van der Waals surface area contributed by atoms with Crippen LogP contribution in [-0.4, -0.2) is 34.1 Å². The number of carbonyl (C=O) groups is 1. The van der Waals surface area contributed by atoms with Gasteiger partial charge in [0.2, 0.25) is 0 Å². The summed E-state index contributed by atoms with van der Waals surface area (Å²) in [4.78, 5) is 11.6. The van der Waals surface area contributed by atoms with Gasteiger partial charge in [-0.05, 0) is 19.9 Å². The normalized spacial score (nSPS) is 10.8. The third kappa shape index (κ3) is 3.58. The zero-order valence-electron chi connectivity index (χ0n) is 12.6. The van der Waals surface area contributed by atoms with E-state index in [1.807, 2.05) is 0 Å². The molecule has 0 aliphatic carbocycles. The minimum absolute atomic E-state index is 0.104. The van der Waals surface area contributed by atoms with Crippen LogP contribution in [0.1, 0.15) is 30.8 Å². The molecule has 0 aliphatic rings. The number of aromatic nitrogens is 2. The molecule has 0 amide bonds. The molecule has 1 N–H and O–H groups in total. The summed E-state index contributed by atoms with van der Waals surface area (Å²) in [5.74, 6) is -0.643. The van der Waals surface area contributed by atoms with Crippen LogP contribution in [0.2, 0.25) is 0 Å². The van der Waals surface area contributed by atoms with Gasteiger partial charge in [0.25, 0.3) is 0 Å². The van der Waals surface area contributed by atoms with E-state index in [1.54, 1.807) is 13.8 Å². The van der Waals surface area contributed by atoms with Gasteiger partial charge in [0, 0.05) is 23.4 Å². The molecule has 1 aromatic heterocycles. The molecular weight excluding hydrogens is 310 g/mol. The van der Waals surface area contributed by atoms with Crippen LogP contribution in [0.3, 0.4) is 0 Å². The van der Waals surface area contributed by atoms with Gasteiger partial charge < -0.3 is 14.6 Å². The van der Waals surface area contributed by atoms with Crippen LogP contribution in [0.15, 0.2) is 24.5 Å². The summed E-state index contributed by atoms with van der Waals surface area (Å²) in [6, 6.07) is 2.87. The summed E-state index contributed by atoms with van der Waals surface area (Å²) in [6.45, 7) is 1.33. The SMILES string of the molecule is CCOc1cc(OCC)c(-c2cnn(C(F)F)c2)c(C(=O)O)c1. The summed E-state index contributed by atoms with van der Waals surface area (Å²) in [7, 11) is 0. The van der Waals surface area contributed by atoms with Crippen molar-refractivity contribution in [2.45, 2.75) is 20.4 Å². The number of benzene rings is 1. The Hall–Kier alpha value is -2.64. The molecule has 0 saturated heterocycles. The Morgan fingerprint density at radius 2 is 2.00 bits per heavy atom. The lowest BCUT2D eigenvalue weighted by atomic mass is 10.0. The molecular formula is C15H16F2N2O4. The average Bonchev–Trinajstić information content (AvgIpc) is 2.97. The van der Waals surface area contributed by atoms with Crippen LogP contribution >= 0.6 is 0 Å². The molecule has 2 aromatic rings. The highest BCUT2D eigenvalue weighted by Crippen LogP contribution is 2.37. The lowest BCUT2D eigenvalue weighted by molar-refractivity contribution is 0.0566. The smallest absolute Gasteiger partial charge is 0.336 e. The first-order valence-electron chi connectivity index (χ1n) is 6.97. The first kappa shape index (κ1) is 16.7. The number of carboxylic acids is 1. The Balaban J connectivity index is 2.64. The van der Waals surface area contributed by atoms with Crippen LogP contribution in [0.25, 0.3) is 11.1 Å². The molecule has 6 nitrogen and oxygen atoms in total. The largest absolute Gasteiger partial charge is 0.494 e. The lowest BCUT2D eigenvalue weighted by Crippen LogP contribution is -2.05. The fraction of sp³-hybridized carbons (Fsp3) is 0.333. The van der Waals surface area contributed by atoms with Crippen molar-refractivity contribution in [3.8, 4) is 22.6 Å². The number of alkyl halides is 2. The van der Waals surface area contributed by atoms with Crippen molar-refractivity contribution in [1.82, 2.24) is 9.78 Å². The standard InChI is InChI=1S/C15H16F2N2O4/c1-3-22-10-5-11(14(20)21)13(12(6-10)23-4-2)9-7-18-19(8-9)15(16)17/h5-8,15H,3-4H2,1-2H3,(H,20,21). The molecule has 0 bridgehead atoms. The molecule has 2 rings (SSSR count). The third-order valence-electron chi connectivity index (χ3n) is 3.01. The highest BCUT2D eigenvalue weighted by molar-refractivity contribution is 5.98. The van der Waals surface area contributed by atoms with Crippen LogP contribution < -0.4 is 9.47 Å². The van der Waals surface area contributed by atoms with E-state index in [2.05, 4.69) is 5.10 Å². The molecule has 8 heteroatoms. The second kappa shape index (κ2) is 7.08. The van der Waals surface area contributed by atoms with E-state index in [4.69, 9.17) is 9.47 Å². The molecule has 0 saturated carbocycles. The zero-order valence-corrected chi connectivity index (χ0v) is 12.6. The van der Waals surface area contributed by atoms with Gasteiger partial charge in [-0.1, -0.05) is 0 Å².